The number of rotatable bonds is 2. The summed E-state index contributed by atoms with van der Waals surface area (Å²) < 4.78 is 20.5. The van der Waals surface area contributed by atoms with Gasteiger partial charge >= 0.3 is 5.97 Å². The molecule has 5 heterocycles. The van der Waals surface area contributed by atoms with E-state index < -0.39 is 11.6 Å². The maximum Gasteiger partial charge on any atom is 0.307 e. The summed E-state index contributed by atoms with van der Waals surface area (Å²) in [4.78, 5) is 19.5. The fourth-order valence-corrected chi connectivity index (χ4v) is 6.19. The highest BCUT2D eigenvalue weighted by atomic mass is 16.6. The third-order valence-electron chi connectivity index (χ3n) is 8.77. The van der Waals surface area contributed by atoms with E-state index in [0.29, 0.717) is 26.4 Å². The van der Waals surface area contributed by atoms with Gasteiger partial charge in [0, 0.05) is 36.0 Å². The molecule has 2 aromatic heterocycles. The van der Waals surface area contributed by atoms with Gasteiger partial charge < -0.3 is 29.3 Å². The van der Waals surface area contributed by atoms with E-state index in [2.05, 4.69) is 65.7 Å². The van der Waals surface area contributed by atoms with Crippen LogP contribution in [0.5, 0.6) is 5.75 Å². The van der Waals surface area contributed by atoms with Crippen molar-refractivity contribution in [3.8, 4) is 28.1 Å². The van der Waals surface area contributed by atoms with Crippen LogP contribution >= 0.6 is 0 Å². The number of carboxylic acid groups (broad SMARTS) is 1. The number of imidazole rings is 1. The van der Waals surface area contributed by atoms with Crippen LogP contribution in [-0.4, -0.2) is 76.3 Å². The Morgan fingerprint density at radius 2 is 1.64 bits per heavy atom. The Hall–Kier alpha value is -3.92. The van der Waals surface area contributed by atoms with Crippen molar-refractivity contribution in [2.45, 2.75) is 78.9 Å². The molecule has 3 aliphatic rings. The molecule has 4 aromatic rings. The third-order valence-corrected chi connectivity index (χ3v) is 8.77. The number of aryl methyl sites for hydroxylation is 2. The number of pyridine rings is 1. The van der Waals surface area contributed by atoms with Gasteiger partial charge in [0.1, 0.15) is 23.8 Å². The van der Waals surface area contributed by atoms with Crippen molar-refractivity contribution in [3.05, 3.63) is 70.9 Å². The van der Waals surface area contributed by atoms with Crippen molar-refractivity contribution in [3.63, 3.8) is 0 Å². The summed E-state index contributed by atoms with van der Waals surface area (Å²) in [5.41, 5.74) is 7.91. The molecule has 0 amide bonds. The molecule has 0 radical (unpaired) electrons. The lowest BCUT2D eigenvalue weighted by Gasteiger charge is -2.41. The molecule has 0 saturated carbocycles. The van der Waals surface area contributed by atoms with E-state index in [0.717, 1.165) is 87.8 Å². The van der Waals surface area contributed by atoms with Crippen LogP contribution in [0, 0.1) is 20.8 Å². The second-order valence-electron chi connectivity index (χ2n) is 13.9. The highest BCUT2D eigenvalue weighted by Crippen LogP contribution is 2.38. The summed E-state index contributed by atoms with van der Waals surface area (Å²) in [5, 5.41) is 18.4. The molecule has 7 rings (SSSR count). The van der Waals surface area contributed by atoms with Gasteiger partial charge in [0.25, 0.3) is 0 Å². The molecule has 9 nitrogen and oxygen atoms in total. The van der Waals surface area contributed by atoms with Crippen LogP contribution in [0.4, 0.5) is 5.82 Å². The van der Waals surface area contributed by atoms with Crippen molar-refractivity contribution in [1.82, 2.24) is 9.38 Å². The van der Waals surface area contributed by atoms with Gasteiger partial charge in [-0.05, 0) is 95.7 Å². The first-order chi connectivity index (χ1) is 22.2. The average Bonchev–Trinajstić information content (AvgIpc) is 3.44. The molecular weight excluding hydrogens is 594 g/mol. The zero-order valence-corrected chi connectivity index (χ0v) is 28.9. The van der Waals surface area contributed by atoms with E-state index in [9.17, 15) is 9.90 Å². The number of hydrogen-bond acceptors (Lipinski definition) is 7. The fourth-order valence-electron chi connectivity index (χ4n) is 6.19. The van der Waals surface area contributed by atoms with Crippen LogP contribution in [0.1, 0.15) is 62.8 Å². The summed E-state index contributed by atoms with van der Waals surface area (Å²) in [6, 6.07) is 14.6. The molecule has 1 fully saturated rings. The number of carboxylic acids is 1. The van der Waals surface area contributed by atoms with E-state index in [1.165, 1.54) is 0 Å². The molecule has 2 N–H and O–H groups in total. The van der Waals surface area contributed by atoms with Gasteiger partial charge in [0.15, 0.2) is 0 Å². The van der Waals surface area contributed by atoms with Gasteiger partial charge in [0.2, 0.25) is 0 Å². The van der Waals surface area contributed by atoms with Gasteiger partial charge in [0.05, 0.1) is 43.1 Å². The lowest BCUT2D eigenvalue weighted by Crippen LogP contribution is -2.45. The largest absolute Gasteiger partial charge is 0.491 e. The Morgan fingerprint density at radius 3 is 2.34 bits per heavy atom. The third kappa shape index (κ3) is 8.33. The zero-order valence-electron chi connectivity index (χ0n) is 28.9. The first-order valence-electron chi connectivity index (χ1n) is 16.5. The summed E-state index contributed by atoms with van der Waals surface area (Å²) in [6.07, 6.45) is 3.68. The van der Waals surface area contributed by atoms with Crippen molar-refractivity contribution in [2.24, 2.45) is 0 Å². The van der Waals surface area contributed by atoms with Crippen LogP contribution < -0.4 is 9.64 Å². The Labute approximate surface area is 278 Å². The predicted molar refractivity (Wildman–Crippen MR) is 186 cm³/mol. The molecule has 1 saturated heterocycles. The van der Waals surface area contributed by atoms with E-state index in [1.807, 2.05) is 19.9 Å². The maximum absolute atomic E-state index is 12.0. The van der Waals surface area contributed by atoms with Crippen molar-refractivity contribution < 1.29 is 29.2 Å². The summed E-state index contributed by atoms with van der Waals surface area (Å²) in [5.74, 6) is 0.898. The molecule has 9 heteroatoms. The number of carbonyl (C=O) groups is 1. The predicted octanol–water partition coefficient (Wildman–Crippen LogP) is 6.78. The lowest BCUT2D eigenvalue weighted by atomic mass is 9.92. The molecule has 3 aliphatic heterocycles. The first kappa shape index (κ1) is 34.4. The molecule has 0 atom stereocenters. The molecule has 0 aliphatic carbocycles. The molecule has 47 heavy (non-hydrogen) atoms. The minimum absolute atomic E-state index is 0.0429. The number of piperidine rings is 1. The molecular formula is C38H49N3O6. The van der Waals surface area contributed by atoms with E-state index in [-0.39, 0.29) is 12.0 Å². The van der Waals surface area contributed by atoms with Crippen molar-refractivity contribution in [2.75, 3.05) is 44.4 Å². The number of nitrogens with zero attached hydrogens (tertiary/aromatic N) is 3. The number of aliphatic hydroxyl groups is 1. The zero-order chi connectivity index (χ0) is 33.9. The summed E-state index contributed by atoms with van der Waals surface area (Å²) in [6.45, 7) is 17.0. The molecule has 252 valence electrons. The lowest BCUT2D eigenvalue weighted by molar-refractivity contribution is -0.136. The van der Waals surface area contributed by atoms with Crippen molar-refractivity contribution >= 4 is 17.4 Å². The minimum atomic E-state index is -0.839. The number of anilines is 1. The monoisotopic (exact) mass is 643 g/mol. The van der Waals surface area contributed by atoms with Gasteiger partial charge in [-0.15, -0.1) is 0 Å². The number of benzene rings is 2. The van der Waals surface area contributed by atoms with Gasteiger partial charge in [-0.2, -0.15) is 0 Å². The second-order valence-corrected chi connectivity index (χ2v) is 13.9. The Morgan fingerprint density at radius 1 is 0.957 bits per heavy atom. The number of aliphatic carboxylic acids is 1. The van der Waals surface area contributed by atoms with Gasteiger partial charge in [-0.1, -0.05) is 30.3 Å². The Bertz CT molecular complexity index is 1720. The topological polar surface area (TPSA) is 106 Å². The van der Waals surface area contributed by atoms with E-state index >= 15 is 0 Å². The van der Waals surface area contributed by atoms with Crippen LogP contribution in [-0.2, 0) is 20.7 Å². The second kappa shape index (κ2) is 14.1. The van der Waals surface area contributed by atoms with Crippen LogP contribution in [0.15, 0.2) is 48.7 Å². The van der Waals surface area contributed by atoms with Gasteiger partial charge in [-0.25, -0.2) is 4.98 Å². The molecule has 0 spiro atoms. The quantitative estimate of drug-likeness (QED) is 0.230. The average molecular weight is 644 g/mol. The number of ether oxygens (including phenoxy) is 3. The normalized spacial score (nSPS) is 16.6. The van der Waals surface area contributed by atoms with E-state index in [1.54, 1.807) is 20.8 Å². The minimum Gasteiger partial charge on any atom is -0.491 e. The summed E-state index contributed by atoms with van der Waals surface area (Å²) in [7, 11) is 0. The standard InChI is InChI=1S/C34H39N3O5.C4H10O/c1-22-8-9-27-25-6-5-7-26(19-25)29-21-37-32(35-29)24(3)23(2)28(20-31(38)39)33(37)36-12-10-34(4,11-13-36)42-17-15-40-14-16-41-30(27)18-22;1-4(2,3)5/h5-9,18-19,21H,10-17,20H2,1-4H3,(H,38,39);5H,1-3H3. The van der Waals surface area contributed by atoms with E-state index in [4.69, 9.17) is 24.3 Å². The fraction of sp³-hybridized carbons (Fsp3) is 0.474. The highest BCUT2D eigenvalue weighted by molar-refractivity contribution is 5.79. The number of aromatic nitrogens is 2. The molecule has 6 bridgehead atoms. The van der Waals surface area contributed by atoms with Crippen molar-refractivity contribution in [1.29, 1.82) is 0 Å². The van der Waals surface area contributed by atoms with Crippen LogP contribution in [0.25, 0.3) is 28.0 Å². The summed E-state index contributed by atoms with van der Waals surface area (Å²) >= 11 is 0. The van der Waals surface area contributed by atoms with Crippen LogP contribution in [0.3, 0.4) is 0 Å². The Balaban J connectivity index is 0.000000807. The van der Waals surface area contributed by atoms with Crippen LogP contribution in [0.2, 0.25) is 0 Å². The number of hydrogen-bond donors (Lipinski definition) is 2. The molecule has 0 unspecified atom stereocenters. The van der Waals surface area contributed by atoms with Gasteiger partial charge in [-0.3, -0.25) is 9.20 Å². The Kier molecular flexibility index (Phi) is 10.3. The molecule has 2 aromatic carbocycles. The number of fused-ring (bicyclic) bond motifs is 8. The smallest absolute Gasteiger partial charge is 0.307 e. The first-order valence-corrected chi connectivity index (χ1v) is 16.5. The maximum atomic E-state index is 12.0. The highest BCUT2D eigenvalue weighted by Gasteiger charge is 2.33. The SMILES string of the molecule is CC(C)(C)O.Cc1ccc2c(c1)OCCOCCOC1(C)CCN(CC1)c1c(CC(=O)O)c(C)c(C)c3nc(cn13)-c1cccc-2c1.